The minimum atomic E-state index is -0.296. The first-order valence-electron chi connectivity index (χ1n) is 9.86. The zero-order valence-corrected chi connectivity index (χ0v) is 17.1. The quantitative estimate of drug-likeness (QED) is 0.804. The smallest absolute Gasteiger partial charge is 0.409 e. The molecule has 1 fully saturated rings. The molecular formula is C21H27N5O3. The predicted octanol–water partition coefficient (Wildman–Crippen LogP) is 3.19. The van der Waals surface area contributed by atoms with E-state index in [9.17, 15) is 9.59 Å². The van der Waals surface area contributed by atoms with Crippen LogP contribution in [0.3, 0.4) is 0 Å². The first kappa shape index (κ1) is 20.6. The van der Waals surface area contributed by atoms with Crippen molar-refractivity contribution in [2.45, 2.75) is 39.7 Å². The lowest BCUT2D eigenvalue weighted by atomic mass is 10.1. The number of carbonyl (C=O) groups excluding carboxylic acids is 2. The molecule has 0 aliphatic carbocycles. The summed E-state index contributed by atoms with van der Waals surface area (Å²) in [5.74, 6) is 0.138. The zero-order valence-electron chi connectivity index (χ0n) is 17.1. The number of amides is 2. The Balaban J connectivity index is 1.60. The molecule has 3 rings (SSSR count). The Labute approximate surface area is 170 Å². The number of piperidine rings is 1. The molecule has 8 heteroatoms. The fourth-order valence-electron chi connectivity index (χ4n) is 3.35. The maximum atomic E-state index is 12.6. The Morgan fingerprint density at radius 2 is 1.86 bits per heavy atom. The van der Waals surface area contributed by atoms with Crippen LogP contribution in [-0.2, 0) is 4.74 Å². The molecule has 1 aromatic heterocycles. The molecule has 0 atom stereocenters. The number of nitrogens with zero attached hydrogens (tertiary/aromatic N) is 3. The molecule has 0 radical (unpaired) electrons. The third-order valence-electron chi connectivity index (χ3n) is 4.96. The molecule has 2 N–H and O–H groups in total. The van der Waals surface area contributed by atoms with Gasteiger partial charge in [-0.2, -0.15) is 0 Å². The molecule has 2 aromatic rings. The number of ether oxygens (including phenoxy) is 1. The minimum absolute atomic E-state index is 0.00170. The number of aryl methyl sites for hydroxylation is 2. The number of likely N-dealkylation sites (tertiary alicyclic amines) is 1. The molecule has 1 aromatic carbocycles. The molecular weight excluding hydrogens is 370 g/mol. The van der Waals surface area contributed by atoms with Gasteiger partial charge in [-0.1, -0.05) is 18.2 Å². The van der Waals surface area contributed by atoms with Crippen molar-refractivity contribution in [3.8, 4) is 0 Å². The van der Waals surface area contributed by atoms with E-state index < -0.39 is 0 Å². The van der Waals surface area contributed by atoms with Crippen LogP contribution < -0.4 is 10.6 Å². The van der Waals surface area contributed by atoms with Gasteiger partial charge in [0.05, 0.1) is 6.61 Å². The number of benzene rings is 1. The maximum Gasteiger partial charge on any atom is 0.409 e. The number of anilines is 2. The van der Waals surface area contributed by atoms with Crippen LogP contribution in [0.5, 0.6) is 0 Å². The van der Waals surface area contributed by atoms with Crippen molar-refractivity contribution in [3.63, 3.8) is 0 Å². The second-order valence-electron chi connectivity index (χ2n) is 7.09. The molecule has 154 valence electrons. The van der Waals surface area contributed by atoms with Crippen LogP contribution in [-0.4, -0.2) is 52.6 Å². The van der Waals surface area contributed by atoms with Crippen molar-refractivity contribution in [2.75, 3.05) is 25.0 Å². The number of hydrogen-bond donors (Lipinski definition) is 2. The van der Waals surface area contributed by atoms with Gasteiger partial charge in [0.25, 0.3) is 5.91 Å². The molecule has 1 aliphatic rings. The Kier molecular flexibility index (Phi) is 6.64. The highest BCUT2D eigenvalue weighted by molar-refractivity contribution is 5.92. The zero-order chi connectivity index (χ0) is 20.8. The highest BCUT2D eigenvalue weighted by atomic mass is 16.6. The number of nitrogens with one attached hydrogen (secondary N) is 2. The van der Waals surface area contributed by atoms with Crippen molar-refractivity contribution in [3.05, 3.63) is 47.3 Å². The highest BCUT2D eigenvalue weighted by Gasteiger charge is 2.25. The Morgan fingerprint density at radius 1 is 1.17 bits per heavy atom. The topological polar surface area (TPSA) is 96.5 Å². The van der Waals surface area contributed by atoms with E-state index in [0.29, 0.717) is 44.2 Å². The van der Waals surface area contributed by atoms with Crippen LogP contribution in [0, 0.1) is 13.8 Å². The summed E-state index contributed by atoms with van der Waals surface area (Å²) in [5.41, 5.74) is 3.41. The Morgan fingerprint density at radius 3 is 2.52 bits per heavy atom. The maximum absolute atomic E-state index is 12.6. The molecule has 1 aliphatic heterocycles. The SMILES string of the molecule is CCOC(=O)N1CCC(NC(=O)c2ccnc(Nc3c(C)cccc3C)n2)CC1. The van der Waals surface area contributed by atoms with Crippen molar-refractivity contribution in [1.82, 2.24) is 20.2 Å². The number of rotatable bonds is 5. The second-order valence-corrected chi connectivity index (χ2v) is 7.09. The minimum Gasteiger partial charge on any atom is -0.450 e. The lowest BCUT2D eigenvalue weighted by Crippen LogP contribution is -2.46. The summed E-state index contributed by atoms with van der Waals surface area (Å²) in [5, 5.41) is 6.21. The van der Waals surface area contributed by atoms with Gasteiger partial charge in [0.15, 0.2) is 0 Å². The second kappa shape index (κ2) is 9.36. The normalized spacial score (nSPS) is 14.4. The first-order chi connectivity index (χ1) is 14.0. The summed E-state index contributed by atoms with van der Waals surface area (Å²) < 4.78 is 5.02. The Hall–Kier alpha value is -3.16. The summed E-state index contributed by atoms with van der Waals surface area (Å²) in [6.07, 6.45) is 2.64. The average Bonchev–Trinajstić information content (AvgIpc) is 2.72. The molecule has 29 heavy (non-hydrogen) atoms. The van der Waals surface area contributed by atoms with Gasteiger partial charge in [-0.3, -0.25) is 4.79 Å². The van der Waals surface area contributed by atoms with Crippen molar-refractivity contribution in [2.24, 2.45) is 0 Å². The van der Waals surface area contributed by atoms with Crippen LogP contribution >= 0.6 is 0 Å². The third kappa shape index (κ3) is 5.22. The summed E-state index contributed by atoms with van der Waals surface area (Å²) in [4.78, 5) is 34.7. The molecule has 0 spiro atoms. The van der Waals surface area contributed by atoms with Crippen molar-refractivity contribution in [1.29, 1.82) is 0 Å². The summed E-state index contributed by atoms with van der Waals surface area (Å²) in [7, 11) is 0. The fourth-order valence-corrected chi connectivity index (χ4v) is 3.35. The molecule has 0 unspecified atom stereocenters. The van der Waals surface area contributed by atoms with E-state index in [4.69, 9.17) is 4.74 Å². The van der Waals surface area contributed by atoms with Crippen molar-refractivity contribution < 1.29 is 14.3 Å². The Bertz CT molecular complexity index is 858. The van der Waals surface area contributed by atoms with Gasteiger partial charge in [0.2, 0.25) is 5.95 Å². The molecule has 0 bridgehead atoms. The average molecular weight is 397 g/mol. The fraction of sp³-hybridized carbons (Fsp3) is 0.429. The summed E-state index contributed by atoms with van der Waals surface area (Å²) >= 11 is 0. The highest BCUT2D eigenvalue weighted by Crippen LogP contribution is 2.22. The van der Waals surface area contributed by atoms with E-state index in [2.05, 4.69) is 20.6 Å². The van der Waals surface area contributed by atoms with Crippen LogP contribution in [0.2, 0.25) is 0 Å². The van der Waals surface area contributed by atoms with E-state index in [1.807, 2.05) is 32.0 Å². The van der Waals surface area contributed by atoms with Crippen molar-refractivity contribution >= 4 is 23.6 Å². The van der Waals surface area contributed by atoms with Crippen LogP contribution in [0.1, 0.15) is 41.4 Å². The van der Waals surface area contributed by atoms with E-state index >= 15 is 0 Å². The standard InChI is InChI=1S/C21H27N5O3/c1-4-29-21(28)26-12-9-16(10-13-26)23-19(27)17-8-11-22-20(24-17)25-18-14(2)6-5-7-15(18)3/h5-8,11,16H,4,9-10,12-13H2,1-3H3,(H,23,27)(H,22,24,25). The largest absolute Gasteiger partial charge is 0.450 e. The molecule has 8 nitrogen and oxygen atoms in total. The van der Waals surface area contributed by atoms with E-state index in [0.717, 1.165) is 16.8 Å². The van der Waals surface area contributed by atoms with Crippen LogP contribution in [0.15, 0.2) is 30.5 Å². The van der Waals surface area contributed by atoms with E-state index in [1.165, 1.54) is 0 Å². The number of hydrogen-bond acceptors (Lipinski definition) is 6. The van der Waals surface area contributed by atoms with Gasteiger partial charge in [-0.15, -0.1) is 0 Å². The molecule has 0 saturated carbocycles. The number of para-hydroxylation sites is 1. The number of carbonyl (C=O) groups is 2. The van der Waals surface area contributed by atoms with Gasteiger partial charge >= 0.3 is 6.09 Å². The number of aromatic nitrogens is 2. The van der Waals surface area contributed by atoms with Gasteiger partial charge in [-0.05, 0) is 50.8 Å². The predicted molar refractivity (Wildman–Crippen MR) is 110 cm³/mol. The summed E-state index contributed by atoms with van der Waals surface area (Å²) in [6, 6.07) is 7.61. The van der Waals surface area contributed by atoms with Gasteiger partial charge < -0.3 is 20.3 Å². The van der Waals surface area contributed by atoms with Gasteiger partial charge in [0.1, 0.15) is 5.69 Å². The monoisotopic (exact) mass is 397 g/mol. The third-order valence-corrected chi connectivity index (χ3v) is 4.96. The van der Waals surface area contributed by atoms with Crippen LogP contribution in [0.4, 0.5) is 16.4 Å². The van der Waals surface area contributed by atoms with Gasteiger partial charge in [0, 0.05) is 31.0 Å². The first-order valence-corrected chi connectivity index (χ1v) is 9.86. The molecule has 2 amide bonds. The van der Waals surface area contributed by atoms with E-state index in [1.54, 1.807) is 24.1 Å². The summed E-state index contributed by atoms with van der Waals surface area (Å²) in [6.45, 7) is 7.29. The lowest BCUT2D eigenvalue weighted by Gasteiger charge is -2.31. The molecule has 1 saturated heterocycles. The van der Waals surface area contributed by atoms with E-state index in [-0.39, 0.29) is 18.0 Å². The molecule has 2 heterocycles. The van der Waals surface area contributed by atoms with Gasteiger partial charge in [-0.25, -0.2) is 14.8 Å². The van der Waals surface area contributed by atoms with Crippen LogP contribution in [0.25, 0.3) is 0 Å². The lowest BCUT2D eigenvalue weighted by molar-refractivity contribution is 0.0856.